The van der Waals surface area contributed by atoms with E-state index in [4.69, 9.17) is 17.5 Å². The van der Waals surface area contributed by atoms with Crippen molar-refractivity contribution >= 4 is 16.5 Å². The molecule has 1 rings (SSSR count). The first kappa shape index (κ1) is 17.1. The SMILES string of the molecule is O=S(=O)(O)O.[CH2-]C=Cc1ccccc1.[Na+]. The maximum Gasteiger partial charge on any atom is 1.00 e. The molecule has 15 heavy (non-hydrogen) atoms. The third-order valence-electron chi connectivity index (χ3n) is 1.11. The molecule has 6 heteroatoms. The standard InChI is InChI=1S/C9H9.Na.H2O4S/c1-2-6-9-7-4-3-5-8-9;;1-5(2,3)4/h2-8H,1H2;;(H2,1,2,3,4)/q-1;+1;. The quantitative estimate of drug-likeness (QED) is 0.369. The van der Waals surface area contributed by atoms with Crippen molar-refractivity contribution in [3.63, 3.8) is 0 Å². The Balaban J connectivity index is 0. The average molecular weight is 238 g/mol. The third kappa shape index (κ3) is 16.4. The van der Waals surface area contributed by atoms with Gasteiger partial charge in [0.25, 0.3) is 0 Å². The van der Waals surface area contributed by atoms with Gasteiger partial charge in [-0.1, -0.05) is 30.3 Å². The van der Waals surface area contributed by atoms with Gasteiger partial charge in [-0.05, 0) is 0 Å². The van der Waals surface area contributed by atoms with Crippen molar-refractivity contribution in [3.8, 4) is 0 Å². The molecule has 0 radical (unpaired) electrons. The van der Waals surface area contributed by atoms with E-state index in [1.165, 1.54) is 5.56 Å². The van der Waals surface area contributed by atoms with Crippen LogP contribution in [0.3, 0.4) is 0 Å². The first-order valence-corrected chi connectivity index (χ1v) is 5.04. The Hall–Kier alpha value is -0.300. The molecule has 0 aromatic heterocycles. The molecule has 0 saturated heterocycles. The Bertz CT molecular complexity index is 364. The van der Waals surface area contributed by atoms with Gasteiger partial charge in [0.15, 0.2) is 0 Å². The summed E-state index contributed by atoms with van der Waals surface area (Å²) >= 11 is 0. The van der Waals surface area contributed by atoms with Crippen LogP contribution in [-0.4, -0.2) is 17.5 Å². The van der Waals surface area contributed by atoms with Gasteiger partial charge >= 0.3 is 40.0 Å². The van der Waals surface area contributed by atoms with Gasteiger partial charge in [-0.2, -0.15) is 8.42 Å². The zero-order valence-electron chi connectivity index (χ0n) is 8.37. The van der Waals surface area contributed by atoms with Gasteiger partial charge < -0.3 is 0 Å². The fourth-order valence-electron chi connectivity index (χ4n) is 0.700. The van der Waals surface area contributed by atoms with E-state index in [-0.39, 0.29) is 29.6 Å². The molecule has 0 aliphatic rings. The van der Waals surface area contributed by atoms with Gasteiger partial charge in [-0.25, -0.2) is 19.1 Å². The normalized spacial score (nSPS) is 10.0. The predicted octanol–water partition coefficient (Wildman–Crippen LogP) is -1.11. The zero-order chi connectivity index (χ0) is 11.0. The minimum absolute atomic E-state index is 0. The summed E-state index contributed by atoms with van der Waals surface area (Å²) in [5.74, 6) is 0. The molecule has 0 unspecified atom stereocenters. The van der Waals surface area contributed by atoms with Crippen LogP contribution in [0, 0.1) is 6.92 Å². The Morgan fingerprint density at radius 2 is 1.53 bits per heavy atom. The molecule has 0 atom stereocenters. The van der Waals surface area contributed by atoms with Gasteiger partial charge in [0.2, 0.25) is 0 Å². The first-order chi connectivity index (χ1) is 6.43. The van der Waals surface area contributed by atoms with Crippen LogP contribution < -0.4 is 29.6 Å². The number of hydrogen-bond donors (Lipinski definition) is 2. The van der Waals surface area contributed by atoms with Crippen molar-refractivity contribution in [1.29, 1.82) is 0 Å². The predicted molar refractivity (Wildman–Crippen MR) is 55.0 cm³/mol. The van der Waals surface area contributed by atoms with E-state index in [2.05, 4.69) is 6.92 Å². The molecule has 0 saturated carbocycles. The van der Waals surface area contributed by atoms with E-state index >= 15 is 0 Å². The van der Waals surface area contributed by atoms with Crippen molar-refractivity contribution in [2.24, 2.45) is 0 Å². The summed E-state index contributed by atoms with van der Waals surface area (Å²) in [7, 11) is -4.67. The Morgan fingerprint density at radius 3 is 1.87 bits per heavy atom. The second-order valence-electron chi connectivity index (χ2n) is 2.26. The van der Waals surface area contributed by atoms with E-state index in [1.807, 2.05) is 36.4 Å². The van der Waals surface area contributed by atoms with Gasteiger partial charge in [0.05, 0.1) is 0 Å². The van der Waals surface area contributed by atoms with E-state index < -0.39 is 10.4 Å². The summed E-state index contributed by atoms with van der Waals surface area (Å²) in [6, 6.07) is 10.1. The van der Waals surface area contributed by atoms with E-state index in [9.17, 15) is 0 Å². The molecule has 0 aliphatic carbocycles. The molecule has 0 bridgehead atoms. The number of allylic oxidation sites excluding steroid dienone is 1. The average Bonchev–Trinajstić information content (AvgIpc) is 2.03. The van der Waals surface area contributed by atoms with Gasteiger partial charge in [-0.3, -0.25) is 9.11 Å². The smallest absolute Gasteiger partial charge is 0.264 e. The second kappa shape index (κ2) is 8.96. The maximum atomic E-state index is 8.74. The fourth-order valence-corrected chi connectivity index (χ4v) is 0.700. The summed E-state index contributed by atoms with van der Waals surface area (Å²) in [6.07, 6.45) is 3.76. The van der Waals surface area contributed by atoms with Crippen LogP contribution in [-0.2, 0) is 10.4 Å². The van der Waals surface area contributed by atoms with Crippen molar-refractivity contribution in [3.05, 3.63) is 48.9 Å². The minimum Gasteiger partial charge on any atom is -0.264 e. The van der Waals surface area contributed by atoms with Crippen molar-refractivity contribution in [2.75, 3.05) is 0 Å². The van der Waals surface area contributed by atoms with Gasteiger partial charge in [-0.15, -0.1) is 5.56 Å². The van der Waals surface area contributed by atoms with Crippen molar-refractivity contribution in [2.45, 2.75) is 0 Å². The van der Waals surface area contributed by atoms with Crippen LogP contribution in [0.2, 0.25) is 0 Å². The third-order valence-corrected chi connectivity index (χ3v) is 1.11. The molecule has 78 valence electrons. The maximum absolute atomic E-state index is 8.74. The molecule has 0 heterocycles. The van der Waals surface area contributed by atoms with Gasteiger partial charge in [0, 0.05) is 0 Å². The van der Waals surface area contributed by atoms with Crippen LogP contribution in [0.4, 0.5) is 0 Å². The molecule has 0 amide bonds. The van der Waals surface area contributed by atoms with Crippen molar-refractivity contribution < 1.29 is 47.1 Å². The van der Waals surface area contributed by atoms with Crippen LogP contribution in [0.1, 0.15) is 5.56 Å². The van der Waals surface area contributed by atoms with Crippen LogP contribution in [0.5, 0.6) is 0 Å². The topological polar surface area (TPSA) is 74.6 Å². The molecule has 1 aromatic rings. The molecule has 0 spiro atoms. The molecular formula is C9H11NaO4S. The summed E-state index contributed by atoms with van der Waals surface area (Å²) in [5.41, 5.74) is 1.20. The Morgan fingerprint density at radius 1 is 1.13 bits per heavy atom. The molecule has 0 aliphatic heterocycles. The van der Waals surface area contributed by atoms with Crippen molar-refractivity contribution in [1.82, 2.24) is 0 Å². The summed E-state index contributed by atoms with van der Waals surface area (Å²) in [6.45, 7) is 3.60. The second-order valence-corrected chi connectivity index (χ2v) is 3.16. The monoisotopic (exact) mass is 238 g/mol. The van der Waals surface area contributed by atoms with Gasteiger partial charge in [0.1, 0.15) is 0 Å². The molecule has 1 aromatic carbocycles. The molecule has 4 nitrogen and oxygen atoms in total. The number of rotatable bonds is 1. The minimum atomic E-state index is -4.67. The van der Waals surface area contributed by atoms with Crippen LogP contribution in [0.25, 0.3) is 6.08 Å². The largest absolute Gasteiger partial charge is 1.00 e. The number of benzene rings is 1. The molecule has 0 fully saturated rings. The summed E-state index contributed by atoms with van der Waals surface area (Å²) in [4.78, 5) is 0. The summed E-state index contributed by atoms with van der Waals surface area (Å²) in [5, 5.41) is 0. The Labute approximate surface area is 112 Å². The molecular weight excluding hydrogens is 227 g/mol. The van der Waals surface area contributed by atoms with E-state index in [0.717, 1.165) is 0 Å². The molecule has 2 N–H and O–H groups in total. The fraction of sp³-hybridized carbons (Fsp3) is 0. The van der Waals surface area contributed by atoms with Crippen LogP contribution in [0.15, 0.2) is 36.4 Å². The zero-order valence-corrected chi connectivity index (χ0v) is 11.2. The number of hydrogen-bond acceptors (Lipinski definition) is 2. The van der Waals surface area contributed by atoms with E-state index in [0.29, 0.717) is 0 Å². The summed E-state index contributed by atoms with van der Waals surface area (Å²) < 4.78 is 31.6. The van der Waals surface area contributed by atoms with Crippen LogP contribution >= 0.6 is 0 Å². The Kier molecular flexibility index (Phi) is 10.2. The van der Waals surface area contributed by atoms with E-state index in [1.54, 1.807) is 6.08 Å². The first-order valence-electron chi connectivity index (χ1n) is 3.64.